The summed E-state index contributed by atoms with van der Waals surface area (Å²) in [5, 5.41) is 0.640. The molecule has 0 aliphatic heterocycles. The zero-order valence-electron chi connectivity index (χ0n) is 14.4. The first kappa shape index (κ1) is 17.8. The van der Waals surface area contributed by atoms with Crippen molar-refractivity contribution in [2.75, 3.05) is 13.7 Å². The number of carbonyl (C=O) groups excluding carboxylic acids is 1. The number of halogens is 1. The SMILES string of the molecule is COCCn1c(=NC(=O)c2cnc3ccccc3n2)sc2cc(Cl)ccc21. The number of hydrogen-bond donors (Lipinski definition) is 0. The molecule has 2 aromatic heterocycles. The summed E-state index contributed by atoms with van der Waals surface area (Å²) in [6.45, 7) is 1.08. The molecule has 0 aliphatic carbocycles. The van der Waals surface area contributed by atoms with E-state index in [1.54, 1.807) is 7.11 Å². The van der Waals surface area contributed by atoms with Crippen LogP contribution < -0.4 is 4.80 Å². The molecule has 136 valence electrons. The predicted molar refractivity (Wildman–Crippen MR) is 106 cm³/mol. The molecular weight excluding hydrogens is 384 g/mol. The van der Waals surface area contributed by atoms with Gasteiger partial charge in [0.2, 0.25) is 0 Å². The Morgan fingerprint density at radius 2 is 2.07 bits per heavy atom. The molecule has 0 bridgehead atoms. The Labute approximate surface area is 163 Å². The molecule has 0 saturated carbocycles. The average Bonchev–Trinajstić information content (AvgIpc) is 3.01. The molecule has 0 spiro atoms. The topological polar surface area (TPSA) is 69.4 Å². The zero-order valence-corrected chi connectivity index (χ0v) is 16.0. The Morgan fingerprint density at radius 1 is 1.26 bits per heavy atom. The molecule has 8 heteroatoms. The third-order valence-electron chi connectivity index (χ3n) is 4.03. The Balaban J connectivity index is 1.81. The maximum atomic E-state index is 12.7. The summed E-state index contributed by atoms with van der Waals surface area (Å²) < 4.78 is 8.09. The van der Waals surface area contributed by atoms with Crippen molar-refractivity contribution < 1.29 is 9.53 Å². The highest BCUT2D eigenvalue weighted by molar-refractivity contribution is 7.16. The molecule has 0 aliphatic rings. The zero-order chi connectivity index (χ0) is 18.8. The number of fused-ring (bicyclic) bond motifs is 2. The molecule has 0 fully saturated rings. The van der Waals surface area contributed by atoms with Gasteiger partial charge in [-0.15, -0.1) is 0 Å². The van der Waals surface area contributed by atoms with Crippen LogP contribution in [0.3, 0.4) is 0 Å². The van der Waals surface area contributed by atoms with Gasteiger partial charge in [-0.25, -0.2) is 4.98 Å². The maximum absolute atomic E-state index is 12.7. The molecule has 0 atom stereocenters. The van der Waals surface area contributed by atoms with Crippen LogP contribution in [0.2, 0.25) is 5.02 Å². The van der Waals surface area contributed by atoms with Crippen LogP contribution in [0.15, 0.2) is 53.7 Å². The normalized spacial score (nSPS) is 12.1. The summed E-state index contributed by atoms with van der Waals surface area (Å²) in [6.07, 6.45) is 1.46. The largest absolute Gasteiger partial charge is 0.383 e. The number of rotatable bonds is 4. The smallest absolute Gasteiger partial charge is 0.299 e. The van der Waals surface area contributed by atoms with Crippen LogP contribution in [0, 0.1) is 0 Å². The van der Waals surface area contributed by atoms with Crippen molar-refractivity contribution in [3.63, 3.8) is 0 Å². The van der Waals surface area contributed by atoms with Crippen LogP contribution in [-0.2, 0) is 11.3 Å². The van der Waals surface area contributed by atoms with E-state index in [2.05, 4.69) is 15.0 Å². The van der Waals surface area contributed by atoms with Crippen molar-refractivity contribution >= 4 is 50.1 Å². The van der Waals surface area contributed by atoms with Gasteiger partial charge < -0.3 is 9.30 Å². The van der Waals surface area contributed by atoms with E-state index >= 15 is 0 Å². The number of ether oxygens (including phenoxy) is 1. The Bertz CT molecular complexity index is 1220. The number of methoxy groups -OCH3 is 1. The number of benzene rings is 2. The van der Waals surface area contributed by atoms with Gasteiger partial charge in [-0.1, -0.05) is 35.1 Å². The molecule has 6 nitrogen and oxygen atoms in total. The van der Waals surface area contributed by atoms with Crippen LogP contribution in [0.4, 0.5) is 0 Å². The number of nitrogens with zero attached hydrogens (tertiary/aromatic N) is 4. The van der Waals surface area contributed by atoms with E-state index in [9.17, 15) is 4.79 Å². The first-order chi connectivity index (χ1) is 13.2. The lowest BCUT2D eigenvalue weighted by Crippen LogP contribution is -2.19. The third-order valence-corrected chi connectivity index (χ3v) is 5.30. The molecule has 4 aromatic rings. The third kappa shape index (κ3) is 3.62. The lowest BCUT2D eigenvalue weighted by Gasteiger charge is -2.04. The van der Waals surface area contributed by atoms with E-state index in [-0.39, 0.29) is 5.69 Å². The van der Waals surface area contributed by atoms with Crippen molar-refractivity contribution in [2.45, 2.75) is 6.54 Å². The van der Waals surface area contributed by atoms with Crippen molar-refractivity contribution in [3.05, 3.63) is 64.2 Å². The molecule has 2 aromatic carbocycles. The van der Waals surface area contributed by atoms with Gasteiger partial charge in [0, 0.05) is 18.7 Å². The molecular formula is C19H15ClN4O2S. The lowest BCUT2D eigenvalue weighted by atomic mass is 10.3. The summed E-state index contributed by atoms with van der Waals surface area (Å²) in [6, 6.07) is 13.0. The molecule has 0 saturated heterocycles. The monoisotopic (exact) mass is 398 g/mol. The van der Waals surface area contributed by atoms with Crippen molar-refractivity contribution in [1.29, 1.82) is 0 Å². The van der Waals surface area contributed by atoms with Gasteiger partial charge in [0.1, 0.15) is 5.69 Å². The van der Waals surface area contributed by atoms with E-state index in [0.717, 1.165) is 15.7 Å². The number of hydrogen-bond acceptors (Lipinski definition) is 5. The van der Waals surface area contributed by atoms with Gasteiger partial charge in [-0.05, 0) is 30.3 Å². The number of para-hydroxylation sites is 2. The molecule has 1 amide bonds. The second-order valence-electron chi connectivity index (χ2n) is 5.80. The minimum Gasteiger partial charge on any atom is -0.383 e. The van der Waals surface area contributed by atoms with Gasteiger partial charge in [-0.2, -0.15) is 4.99 Å². The van der Waals surface area contributed by atoms with Crippen LogP contribution >= 0.6 is 22.9 Å². The lowest BCUT2D eigenvalue weighted by molar-refractivity contribution is 0.0992. The number of thiazole rings is 1. The van der Waals surface area contributed by atoms with Crippen molar-refractivity contribution in [2.24, 2.45) is 4.99 Å². The number of amides is 1. The van der Waals surface area contributed by atoms with Gasteiger partial charge in [0.15, 0.2) is 4.80 Å². The molecule has 27 heavy (non-hydrogen) atoms. The number of aromatic nitrogens is 3. The Kier molecular flexibility index (Phi) is 4.98. The average molecular weight is 399 g/mol. The number of carbonyl (C=O) groups is 1. The summed E-state index contributed by atoms with van der Waals surface area (Å²) in [4.78, 5) is 26.2. The first-order valence-corrected chi connectivity index (χ1v) is 9.44. The standard InChI is InChI=1S/C19H15ClN4O2S/c1-26-9-8-24-16-7-6-12(20)10-17(16)27-19(24)23-18(25)15-11-21-13-4-2-3-5-14(13)22-15/h2-7,10-11H,8-9H2,1H3. The Morgan fingerprint density at radius 3 is 2.89 bits per heavy atom. The highest BCUT2D eigenvalue weighted by Crippen LogP contribution is 2.22. The molecule has 4 rings (SSSR count). The van der Waals surface area contributed by atoms with Crippen LogP contribution in [-0.4, -0.2) is 34.2 Å². The van der Waals surface area contributed by atoms with E-state index in [4.69, 9.17) is 16.3 Å². The molecule has 0 radical (unpaired) electrons. The van der Waals surface area contributed by atoms with Crippen LogP contribution in [0.25, 0.3) is 21.3 Å². The van der Waals surface area contributed by atoms with Crippen molar-refractivity contribution in [3.8, 4) is 0 Å². The summed E-state index contributed by atoms with van der Waals surface area (Å²) in [7, 11) is 1.64. The quantitative estimate of drug-likeness (QED) is 0.525. The van der Waals surface area contributed by atoms with Gasteiger partial charge in [0.25, 0.3) is 5.91 Å². The highest BCUT2D eigenvalue weighted by Gasteiger charge is 2.11. The molecule has 0 unspecified atom stereocenters. The minimum absolute atomic E-state index is 0.211. The van der Waals surface area contributed by atoms with Crippen LogP contribution in [0.5, 0.6) is 0 Å². The fourth-order valence-electron chi connectivity index (χ4n) is 2.74. The summed E-state index contributed by atoms with van der Waals surface area (Å²) in [5.74, 6) is -0.433. The minimum atomic E-state index is -0.433. The van der Waals surface area contributed by atoms with Gasteiger partial charge >= 0.3 is 0 Å². The maximum Gasteiger partial charge on any atom is 0.299 e. The Hall–Kier alpha value is -2.61. The summed E-state index contributed by atoms with van der Waals surface area (Å²) >= 11 is 7.50. The van der Waals surface area contributed by atoms with E-state index < -0.39 is 5.91 Å². The fraction of sp³-hybridized carbons (Fsp3) is 0.158. The van der Waals surface area contributed by atoms with E-state index in [0.29, 0.717) is 28.5 Å². The van der Waals surface area contributed by atoms with Gasteiger partial charge in [-0.3, -0.25) is 9.78 Å². The van der Waals surface area contributed by atoms with E-state index in [1.807, 2.05) is 47.0 Å². The van der Waals surface area contributed by atoms with Gasteiger partial charge in [0.05, 0.1) is 34.1 Å². The summed E-state index contributed by atoms with van der Waals surface area (Å²) in [5.41, 5.74) is 2.56. The first-order valence-electron chi connectivity index (χ1n) is 8.24. The molecule has 2 heterocycles. The van der Waals surface area contributed by atoms with Crippen LogP contribution in [0.1, 0.15) is 10.5 Å². The molecule has 0 N–H and O–H groups in total. The predicted octanol–water partition coefficient (Wildman–Crippen LogP) is 3.69. The second kappa shape index (κ2) is 7.56. The second-order valence-corrected chi connectivity index (χ2v) is 7.25. The fourth-order valence-corrected chi connectivity index (χ4v) is 4.07. The van der Waals surface area contributed by atoms with E-state index in [1.165, 1.54) is 17.5 Å². The van der Waals surface area contributed by atoms with Crippen molar-refractivity contribution in [1.82, 2.24) is 14.5 Å². The highest BCUT2D eigenvalue weighted by atomic mass is 35.5.